The third-order valence-electron chi connectivity index (χ3n) is 7.51. The van der Waals surface area contributed by atoms with Gasteiger partial charge in [0.25, 0.3) is 0 Å². The van der Waals surface area contributed by atoms with E-state index in [0.717, 1.165) is 46.3 Å². The Labute approximate surface area is 207 Å². The van der Waals surface area contributed by atoms with Crippen LogP contribution in [0.25, 0.3) is 11.0 Å². The molecular weight excluding hydrogens is 440 g/mol. The minimum atomic E-state index is -0.839. The van der Waals surface area contributed by atoms with Gasteiger partial charge in [-0.05, 0) is 60.4 Å². The Kier molecular flexibility index (Phi) is 7.83. The van der Waals surface area contributed by atoms with Gasteiger partial charge < -0.3 is 10.0 Å². The van der Waals surface area contributed by atoms with E-state index in [4.69, 9.17) is 0 Å². The average molecular weight is 477 g/mol. The van der Waals surface area contributed by atoms with E-state index in [-0.39, 0.29) is 18.2 Å². The first-order valence-corrected chi connectivity index (χ1v) is 12.7. The van der Waals surface area contributed by atoms with E-state index in [1.807, 2.05) is 43.1 Å². The molecule has 1 saturated carbocycles. The van der Waals surface area contributed by atoms with Crippen LogP contribution in [0.2, 0.25) is 0 Å². The fourth-order valence-corrected chi connectivity index (χ4v) is 5.50. The van der Waals surface area contributed by atoms with Crippen molar-refractivity contribution in [3.05, 3.63) is 58.7 Å². The lowest BCUT2D eigenvalue weighted by molar-refractivity contribution is -0.137. The van der Waals surface area contributed by atoms with Crippen molar-refractivity contribution in [1.82, 2.24) is 19.9 Å². The molecule has 1 fully saturated rings. The third-order valence-corrected chi connectivity index (χ3v) is 7.51. The molecule has 186 valence electrons. The molecular formula is C28H36N4O3. The summed E-state index contributed by atoms with van der Waals surface area (Å²) in [6.07, 6.45) is 7.02. The summed E-state index contributed by atoms with van der Waals surface area (Å²) in [6, 6.07) is 12.1. The summed E-state index contributed by atoms with van der Waals surface area (Å²) < 4.78 is 1.73. The SMILES string of the molecule is CC(=O)N(CCc1cccc(C(CC(=O)O)c2ccc3c(nnn3C)c2C)c1)CC1CCCCC1. The van der Waals surface area contributed by atoms with Crippen molar-refractivity contribution in [2.45, 2.75) is 64.7 Å². The number of nitrogens with zero attached hydrogens (tertiary/aromatic N) is 4. The monoisotopic (exact) mass is 476 g/mol. The average Bonchev–Trinajstić information content (AvgIpc) is 3.23. The van der Waals surface area contributed by atoms with Crippen molar-refractivity contribution in [2.24, 2.45) is 13.0 Å². The normalized spacial score (nSPS) is 15.3. The van der Waals surface area contributed by atoms with Crippen molar-refractivity contribution in [2.75, 3.05) is 13.1 Å². The molecule has 1 heterocycles. The highest BCUT2D eigenvalue weighted by molar-refractivity contribution is 5.80. The first kappa shape index (κ1) is 24.9. The Morgan fingerprint density at radius 2 is 1.94 bits per heavy atom. The van der Waals surface area contributed by atoms with Gasteiger partial charge in [-0.3, -0.25) is 9.59 Å². The van der Waals surface area contributed by atoms with E-state index < -0.39 is 5.97 Å². The molecule has 1 amide bonds. The molecule has 0 spiro atoms. The quantitative estimate of drug-likeness (QED) is 0.477. The maximum atomic E-state index is 12.3. The zero-order chi connectivity index (χ0) is 24.9. The van der Waals surface area contributed by atoms with Crippen LogP contribution in [0.4, 0.5) is 0 Å². The van der Waals surface area contributed by atoms with Crippen molar-refractivity contribution in [3.8, 4) is 0 Å². The second kappa shape index (κ2) is 11.0. The van der Waals surface area contributed by atoms with Crippen LogP contribution in [0.15, 0.2) is 36.4 Å². The van der Waals surface area contributed by atoms with E-state index in [1.54, 1.807) is 11.6 Å². The number of carbonyl (C=O) groups excluding carboxylic acids is 1. The smallest absolute Gasteiger partial charge is 0.304 e. The number of aliphatic carboxylic acids is 1. The number of aromatic nitrogens is 3. The first-order valence-electron chi connectivity index (χ1n) is 12.7. The molecule has 1 aliphatic carbocycles. The van der Waals surface area contributed by atoms with Gasteiger partial charge in [-0.1, -0.05) is 54.8 Å². The van der Waals surface area contributed by atoms with Gasteiger partial charge in [-0.15, -0.1) is 5.10 Å². The minimum absolute atomic E-state index is 0.00267. The molecule has 3 aromatic rings. The molecule has 0 aliphatic heterocycles. The largest absolute Gasteiger partial charge is 0.481 e. The van der Waals surface area contributed by atoms with Gasteiger partial charge in [-0.2, -0.15) is 0 Å². The summed E-state index contributed by atoms with van der Waals surface area (Å²) in [4.78, 5) is 26.1. The zero-order valence-electron chi connectivity index (χ0n) is 21.0. The number of carbonyl (C=O) groups is 2. The predicted molar refractivity (Wildman–Crippen MR) is 136 cm³/mol. The Bertz CT molecular complexity index is 1200. The van der Waals surface area contributed by atoms with Crippen molar-refractivity contribution >= 4 is 22.9 Å². The van der Waals surface area contributed by atoms with Crippen LogP contribution >= 0.6 is 0 Å². The van der Waals surface area contributed by atoms with Crippen LogP contribution in [0, 0.1) is 12.8 Å². The molecule has 1 N–H and O–H groups in total. The van der Waals surface area contributed by atoms with Crippen molar-refractivity contribution < 1.29 is 14.7 Å². The van der Waals surface area contributed by atoms with Crippen LogP contribution < -0.4 is 0 Å². The Morgan fingerprint density at radius 3 is 2.66 bits per heavy atom. The van der Waals surface area contributed by atoms with Gasteiger partial charge in [0.1, 0.15) is 5.52 Å². The predicted octanol–water partition coefficient (Wildman–Crippen LogP) is 4.85. The molecule has 1 atom stereocenters. The standard InChI is InChI=1S/C28H36N4O3/c1-19-24(12-13-26-28(19)29-30-31(26)3)25(17-27(34)35)23-11-7-10-21(16-23)14-15-32(20(2)33)18-22-8-5-4-6-9-22/h7,10-13,16,22,25H,4-6,8-9,14-15,17-18H2,1-3H3,(H,34,35). The molecule has 4 rings (SSSR count). The molecule has 7 heteroatoms. The second-order valence-corrected chi connectivity index (χ2v) is 9.98. The summed E-state index contributed by atoms with van der Waals surface area (Å²) >= 11 is 0. The number of aryl methyl sites for hydroxylation is 2. The summed E-state index contributed by atoms with van der Waals surface area (Å²) in [5.74, 6) is -0.388. The summed E-state index contributed by atoms with van der Waals surface area (Å²) in [7, 11) is 1.85. The zero-order valence-corrected chi connectivity index (χ0v) is 21.0. The lowest BCUT2D eigenvalue weighted by atomic mass is 9.84. The molecule has 1 aromatic heterocycles. The summed E-state index contributed by atoms with van der Waals surface area (Å²) in [5.41, 5.74) is 5.74. The number of rotatable bonds is 9. The van der Waals surface area contributed by atoms with Crippen molar-refractivity contribution in [3.63, 3.8) is 0 Å². The van der Waals surface area contributed by atoms with Crippen LogP contribution in [0.5, 0.6) is 0 Å². The van der Waals surface area contributed by atoms with E-state index in [9.17, 15) is 14.7 Å². The van der Waals surface area contributed by atoms with Gasteiger partial charge in [0.05, 0.1) is 11.9 Å². The third kappa shape index (κ3) is 5.89. The molecule has 2 aromatic carbocycles. The number of carboxylic acid groups (broad SMARTS) is 1. The number of fused-ring (bicyclic) bond motifs is 1. The molecule has 0 bridgehead atoms. The van der Waals surface area contributed by atoms with E-state index >= 15 is 0 Å². The molecule has 1 aliphatic rings. The lowest BCUT2D eigenvalue weighted by Crippen LogP contribution is -2.36. The number of benzene rings is 2. The van der Waals surface area contributed by atoms with Crippen LogP contribution in [0.1, 0.15) is 73.6 Å². The minimum Gasteiger partial charge on any atom is -0.481 e. The van der Waals surface area contributed by atoms with Gasteiger partial charge >= 0.3 is 5.97 Å². The van der Waals surface area contributed by atoms with Crippen LogP contribution in [-0.4, -0.2) is 50.0 Å². The fourth-order valence-electron chi connectivity index (χ4n) is 5.50. The Hall–Kier alpha value is -3.22. The number of carboxylic acids is 1. The highest BCUT2D eigenvalue weighted by atomic mass is 16.4. The summed E-state index contributed by atoms with van der Waals surface area (Å²) in [5, 5.41) is 18.1. The van der Waals surface area contributed by atoms with Crippen molar-refractivity contribution in [1.29, 1.82) is 0 Å². The fraction of sp³-hybridized carbons (Fsp3) is 0.500. The summed E-state index contributed by atoms with van der Waals surface area (Å²) in [6.45, 7) is 5.17. The van der Waals surface area contributed by atoms with Gasteiger partial charge in [-0.25, -0.2) is 4.68 Å². The first-order chi connectivity index (χ1) is 16.8. The Balaban J connectivity index is 1.55. The topological polar surface area (TPSA) is 88.3 Å². The molecule has 0 radical (unpaired) electrons. The molecule has 1 unspecified atom stereocenters. The highest BCUT2D eigenvalue weighted by Crippen LogP contribution is 2.34. The second-order valence-electron chi connectivity index (χ2n) is 9.98. The molecule has 0 saturated heterocycles. The maximum Gasteiger partial charge on any atom is 0.304 e. The van der Waals surface area contributed by atoms with E-state index in [0.29, 0.717) is 12.5 Å². The molecule has 35 heavy (non-hydrogen) atoms. The Morgan fingerprint density at radius 1 is 1.17 bits per heavy atom. The van der Waals surface area contributed by atoms with Gasteiger partial charge in [0.15, 0.2) is 0 Å². The van der Waals surface area contributed by atoms with Gasteiger partial charge in [0.2, 0.25) is 5.91 Å². The number of hydrogen-bond acceptors (Lipinski definition) is 4. The lowest BCUT2D eigenvalue weighted by Gasteiger charge is -2.29. The maximum absolute atomic E-state index is 12.3. The van der Waals surface area contributed by atoms with E-state index in [1.165, 1.54) is 32.1 Å². The van der Waals surface area contributed by atoms with Crippen LogP contribution in [-0.2, 0) is 23.1 Å². The highest BCUT2D eigenvalue weighted by Gasteiger charge is 2.23. The van der Waals surface area contributed by atoms with Crippen LogP contribution in [0.3, 0.4) is 0 Å². The van der Waals surface area contributed by atoms with Gasteiger partial charge in [0, 0.05) is 33.0 Å². The molecule has 7 nitrogen and oxygen atoms in total. The van der Waals surface area contributed by atoms with E-state index in [2.05, 4.69) is 22.4 Å². The number of amides is 1. The number of hydrogen-bond donors (Lipinski definition) is 1.